The molecule has 8 heteroatoms. The highest BCUT2D eigenvalue weighted by molar-refractivity contribution is 7.13. The van der Waals surface area contributed by atoms with Crippen LogP contribution in [-0.4, -0.2) is 52.2 Å². The Morgan fingerprint density at radius 1 is 1.38 bits per heavy atom. The van der Waals surface area contributed by atoms with Gasteiger partial charge in [-0.2, -0.15) is 0 Å². The summed E-state index contributed by atoms with van der Waals surface area (Å²) < 4.78 is 0. The van der Waals surface area contributed by atoms with Crippen molar-refractivity contribution in [1.82, 2.24) is 15.2 Å². The molecule has 1 heterocycles. The number of aliphatic carboxylic acids is 1. The summed E-state index contributed by atoms with van der Waals surface area (Å²) in [7, 11) is 0. The minimum Gasteiger partial charge on any atom is -0.480 e. The molecule has 3 N–H and O–H groups in total. The largest absolute Gasteiger partial charge is 0.480 e. The minimum absolute atomic E-state index is 0.0453. The Morgan fingerprint density at radius 2 is 2.19 bits per heavy atom. The second kappa shape index (κ2) is 8.29. The highest BCUT2D eigenvalue weighted by Gasteiger charge is 2.34. The fourth-order valence-electron chi connectivity index (χ4n) is 3.13. The third-order valence-electron chi connectivity index (χ3n) is 4.51. The van der Waals surface area contributed by atoms with Gasteiger partial charge in [-0.05, 0) is 31.5 Å². The molecule has 0 unspecified atom stereocenters. The van der Waals surface area contributed by atoms with Crippen LogP contribution in [0.15, 0.2) is 35.8 Å². The van der Waals surface area contributed by atoms with E-state index in [4.69, 9.17) is 5.11 Å². The molecular formula is C18H22N4O3S. The van der Waals surface area contributed by atoms with E-state index in [1.165, 1.54) is 0 Å². The molecule has 0 saturated heterocycles. The number of nitrogens with one attached hydrogen (secondary N) is 2. The number of hydrogen-bond acceptors (Lipinski definition) is 5. The number of carbonyl (C=O) groups is 2. The lowest BCUT2D eigenvalue weighted by molar-refractivity contribution is -0.139. The van der Waals surface area contributed by atoms with Crippen LogP contribution in [0.4, 0.5) is 10.5 Å². The molecule has 7 nitrogen and oxygen atoms in total. The average molecular weight is 374 g/mol. The number of amides is 2. The molecule has 2 amide bonds. The van der Waals surface area contributed by atoms with Crippen LogP contribution in [0.25, 0.3) is 10.6 Å². The van der Waals surface area contributed by atoms with Crippen molar-refractivity contribution in [3.8, 4) is 10.6 Å². The Balaban J connectivity index is 1.48. The monoisotopic (exact) mass is 374 g/mol. The molecule has 1 aromatic heterocycles. The molecule has 3 rings (SSSR count). The van der Waals surface area contributed by atoms with Crippen LogP contribution in [0.3, 0.4) is 0 Å². The third kappa shape index (κ3) is 4.59. The van der Waals surface area contributed by atoms with Crippen LogP contribution < -0.4 is 10.6 Å². The topological polar surface area (TPSA) is 94.6 Å². The molecular weight excluding hydrogens is 352 g/mol. The van der Waals surface area contributed by atoms with Crippen molar-refractivity contribution in [2.45, 2.75) is 31.8 Å². The number of carboxylic acid groups (broad SMARTS) is 1. The predicted octanol–water partition coefficient (Wildman–Crippen LogP) is 2.87. The fourth-order valence-corrected chi connectivity index (χ4v) is 3.76. The molecule has 0 aliphatic heterocycles. The second-order valence-corrected chi connectivity index (χ2v) is 7.19. The highest BCUT2D eigenvalue weighted by atomic mass is 32.1. The number of urea groups is 1. The highest BCUT2D eigenvalue weighted by Crippen LogP contribution is 2.26. The average Bonchev–Trinajstić information content (AvgIpc) is 3.10. The zero-order valence-corrected chi connectivity index (χ0v) is 15.3. The van der Waals surface area contributed by atoms with Gasteiger partial charge in [-0.1, -0.05) is 19.1 Å². The SMILES string of the molecule is CCN(CC(=O)O)C1CC(NC(=O)Nc2cccc(-c3nccs3)c2)C1. The number of rotatable bonds is 7. The van der Waals surface area contributed by atoms with Crippen LogP contribution in [-0.2, 0) is 4.79 Å². The van der Waals surface area contributed by atoms with E-state index >= 15 is 0 Å². The Kier molecular flexibility index (Phi) is 5.85. The van der Waals surface area contributed by atoms with Crippen LogP contribution >= 0.6 is 11.3 Å². The molecule has 1 saturated carbocycles. The van der Waals surface area contributed by atoms with Crippen LogP contribution in [0.1, 0.15) is 19.8 Å². The Labute approximate surface area is 156 Å². The van der Waals surface area contributed by atoms with E-state index in [1.807, 2.05) is 41.5 Å². The third-order valence-corrected chi connectivity index (χ3v) is 5.33. The van der Waals surface area contributed by atoms with Gasteiger partial charge in [0.2, 0.25) is 0 Å². The Morgan fingerprint density at radius 3 is 2.85 bits per heavy atom. The first-order valence-electron chi connectivity index (χ1n) is 8.58. The molecule has 138 valence electrons. The van der Waals surface area contributed by atoms with E-state index < -0.39 is 5.97 Å². The second-order valence-electron chi connectivity index (χ2n) is 6.30. The van der Waals surface area contributed by atoms with Crippen molar-refractivity contribution < 1.29 is 14.7 Å². The number of aromatic nitrogens is 1. The smallest absolute Gasteiger partial charge is 0.319 e. The van der Waals surface area contributed by atoms with Gasteiger partial charge in [0.1, 0.15) is 5.01 Å². The number of carboxylic acids is 1. The van der Waals surface area contributed by atoms with Crippen LogP contribution in [0, 0.1) is 0 Å². The first kappa shape index (κ1) is 18.3. The fraction of sp³-hybridized carbons (Fsp3) is 0.389. The number of thiazole rings is 1. The van der Waals surface area contributed by atoms with Crippen molar-refractivity contribution in [3.05, 3.63) is 35.8 Å². The molecule has 1 aromatic carbocycles. The zero-order valence-electron chi connectivity index (χ0n) is 14.5. The molecule has 1 aliphatic rings. The number of likely N-dealkylation sites (N-methyl/N-ethyl adjacent to an activating group) is 1. The number of nitrogens with zero attached hydrogens (tertiary/aromatic N) is 2. The van der Waals surface area contributed by atoms with Crippen molar-refractivity contribution in [3.63, 3.8) is 0 Å². The molecule has 1 aliphatic carbocycles. The summed E-state index contributed by atoms with van der Waals surface area (Å²) in [6, 6.07) is 7.63. The van der Waals surface area contributed by atoms with Crippen molar-refractivity contribution >= 4 is 29.0 Å². The summed E-state index contributed by atoms with van der Waals surface area (Å²) >= 11 is 1.55. The number of carbonyl (C=O) groups excluding carboxylic acids is 1. The first-order valence-corrected chi connectivity index (χ1v) is 9.46. The lowest BCUT2D eigenvalue weighted by atomic mass is 9.85. The van der Waals surface area contributed by atoms with E-state index in [-0.39, 0.29) is 24.7 Å². The van der Waals surface area contributed by atoms with Crippen LogP contribution in [0.2, 0.25) is 0 Å². The van der Waals surface area contributed by atoms with Crippen LogP contribution in [0.5, 0.6) is 0 Å². The van der Waals surface area contributed by atoms with Gasteiger partial charge in [-0.3, -0.25) is 9.69 Å². The Hall–Kier alpha value is -2.45. The maximum Gasteiger partial charge on any atom is 0.319 e. The summed E-state index contributed by atoms with van der Waals surface area (Å²) in [5.41, 5.74) is 1.68. The van der Waals surface area contributed by atoms with Gasteiger partial charge >= 0.3 is 12.0 Å². The molecule has 0 spiro atoms. The number of anilines is 1. The van der Waals surface area contributed by atoms with E-state index in [2.05, 4.69) is 15.6 Å². The molecule has 0 bridgehead atoms. The lowest BCUT2D eigenvalue weighted by Gasteiger charge is -2.42. The summed E-state index contributed by atoms with van der Waals surface area (Å²) in [6.45, 7) is 2.69. The zero-order chi connectivity index (χ0) is 18.5. The van der Waals surface area contributed by atoms with Gasteiger partial charge in [0, 0.05) is 34.9 Å². The standard InChI is InChI=1S/C18H22N4O3S/c1-2-22(11-16(23)24)15-9-14(10-15)21-18(25)20-13-5-3-4-12(8-13)17-19-6-7-26-17/h3-8,14-15H,2,9-11H2,1H3,(H,23,24)(H2,20,21,25). The molecule has 0 atom stereocenters. The van der Waals surface area contributed by atoms with Crippen molar-refractivity contribution in [2.75, 3.05) is 18.4 Å². The summed E-state index contributed by atoms with van der Waals surface area (Å²) in [5.74, 6) is -0.818. The Bertz CT molecular complexity index is 760. The van der Waals surface area contributed by atoms with E-state index in [1.54, 1.807) is 17.5 Å². The van der Waals surface area contributed by atoms with Crippen molar-refractivity contribution in [2.24, 2.45) is 0 Å². The van der Waals surface area contributed by atoms with Gasteiger partial charge in [0.15, 0.2) is 0 Å². The predicted molar refractivity (Wildman–Crippen MR) is 101 cm³/mol. The minimum atomic E-state index is -0.818. The normalized spacial score (nSPS) is 19.0. The molecule has 26 heavy (non-hydrogen) atoms. The molecule has 2 aromatic rings. The summed E-state index contributed by atoms with van der Waals surface area (Å²) in [5, 5.41) is 17.5. The van der Waals surface area contributed by atoms with Gasteiger partial charge in [0.25, 0.3) is 0 Å². The van der Waals surface area contributed by atoms with Gasteiger partial charge in [-0.25, -0.2) is 9.78 Å². The van der Waals surface area contributed by atoms with E-state index in [0.29, 0.717) is 12.2 Å². The van der Waals surface area contributed by atoms with Gasteiger partial charge < -0.3 is 15.7 Å². The van der Waals surface area contributed by atoms with E-state index in [9.17, 15) is 9.59 Å². The molecule has 1 fully saturated rings. The maximum absolute atomic E-state index is 12.2. The quantitative estimate of drug-likeness (QED) is 0.693. The maximum atomic E-state index is 12.2. The lowest BCUT2D eigenvalue weighted by Crippen LogP contribution is -2.55. The van der Waals surface area contributed by atoms with Gasteiger partial charge in [0.05, 0.1) is 6.54 Å². The first-order chi connectivity index (χ1) is 12.5. The summed E-state index contributed by atoms with van der Waals surface area (Å²) in [4.78, 5) is 29.3. The van der Waals surface area contributed by atoms with Gasteiger partial charge in [-0.15, -0.1) is 11.3 Å². The number of hydrogen-bond donors (Lipinski definition) is 3. The van der Waals surface area contributed by atoms with Crippen molar-refractivity contribution in [1.29, 1.82) is 0 Å². The molecule has 0 radical (unpaired) electrons. The van der Waals surface area contributed by atoms with E-state index in [0.717, 1.165) is 23.4 Å². The number of benzene rings is 1. The summed E-state index contributed by atoms with van der Waals surface area (Å²) in [6.07, 6.45) is 3.30.